The van der Waals surface area contributed by atoms with Gasteiger partial charge in [0.1, 0.15) is 0 Å². The van der Waals surface area contributed by atoms with Gasteiger partial charge in [-0.1, -0.05) is 63.8 Å². The molecule has 0 saturated carbocycles. The van der Waals surface area contributed by atoms with Crippen molar-refractivity contribution >= 4 is 0 Å². The summed E-state index contributed by atoms with van der Waals surface area (Å²) in [5.74, 6) is 0. The summed E-state index contributed by atoms with van der Waals surface area (Å²) in [7, 11) is 0. The van der Waals surface area contributed by atoms with Crippen LogP contribution in [0.3, 0.4) is 0 Å². The summed E-state index contributed by atoms with van der Waals surface area (Å²) >= 11 is 0. The van der Waals surface area contributed by atoms with Crippen LogP contribution in [-0.4, -0.2) is 0 Å². The molecule has 0 aromatic heterocycles. The van der Waals surface area contributed by atoms with Gasteiger partial charge in [-0.2, -0.15) is 0 Å². The fourth-order valence-corrected chi connectivity index (χ4v) is 2.18. The molecule has 0 amide bonds. The second-order valence-electron chi connectivity index (χ2n) is 4.68. The van der Waals surface area contributed by atoms with Crippen LogP contribution in [0.2, 0.25) is 0 Å². The highest BCUT2D eigenvalue weighted by Crippen LogP contribution is 2.15. The van der Waals surface area contributed by atoms with Crippen molar-refractivity contribution in [2.45, 2.75) is 65.2 Å². The minimum absolute atomic E-state index is 1.27. The third-order valence-electron chi connectivity index (χ3n) is 3.22. The molecule has 0 saturated heterocycles. The van der Waals surface area contributed by atoms with E-state index in [2.05, 4.69) is 38.1 Å². The zero-order valence-electron chi connectivity index (χ0n) is 11.0. The van der Waals surface area contributed by atoms with E-state index in [0.29, 0.717) is 0 Å². The number of benzene rings is 1. The molecule has 0 unspecified atom stereocenters. The van der Waals surface area contributed by atoms with Gasteiger partial charge in [0.15, 0.2) is 0 Å². The summed E-state index contributed by atoms with van der Waals surface area (Å²) in [6.07, 6.45) is 10.6. The van der Waals surface area contributed by atoms with Crippen molar-refractivity contribution in [3.63, 3.8) is 0 Å². The van der Waals surface area contributed by atoms with Crippen molar-refractivity contribution in [3.8, 4) is 0 Å². The zero-order chi connectivity index (χ0) is 11.6. The Bertz CT molecular complexity index is 246. The normalized spacial score (nSPS) is 10.6. The van der Waals surface area contributed by atoms with E-state index in [9.17, 15) is 0 Å². The first-order valence-corrected chi connectivity index (χ1v) is 6.95. The number of unbranched alkanes of at least 4 members (excludes halogenated alkanes) is 4. The minimum atomic E-state index is 1.27. The van der Waals surface area contributed by atoms with Gasteiger partial charge >= 0.3 is 0 Å². The molecule has 1 aromatic rings. The Morgan fingerprint density at radius 2 is 1.12 bits per heavy atom. The molecule has 0 heterocycles. The van der Waals surface area contributed by atoms with Crippen LogP contribution < -0.4 is 0 Å². The van der Waals surface area contributed by atoms with E-state index >= 15 is 0 Å². The van der Waals surface area contributed by atoms with Crippen LogP contribution in [0, 0.1) is 0 Å². The molecule has 0 aliphatic carbocycles. The summed E-state index contributed by atoms with van der Waals surface area (Å²) in [5.41, 5.74) is 3.18. The SMILES string of the molecule is CCCCCc1ccccc1CCCCC. The third kappa shape index (κ3) is 4.83. The Morgan fingerprint density at radius 1 is 0.688 bits per heavy atom. The van der Waals surface area contributed by atoms with Gasteiger partial charge in [-0.05, 0) is 36.8 Å². The van der Waals surface area contributed by atoms with Gasteiger partial charge in [0.05, 0.1) is 0 Å². The van der Waals surface area contributed by atoms with Crippen LogP contribution in [0.5, 0.6) is 0 Å². The quantitative estimate of drug-likeness (QED) is 0.529. The fourth-order valence-electron chi connectivity index (χ4n) is 2.18. The lowest BCUT2D eigenvalue weighted by atomic mass is 9.97. The Labute approximate surface area is 101 Å². The summed E-state index contributed by atoms with van der Waals surface area (Å²) in [6, 6.07) is 9.00. The zero-order valence-corrected chi connectivity index (χ0v) is 11.0. The average Bonchev–Trinajstić information content (AvgIpc) is 2.32. The third-order valence-corrected chi connectivity index (χ3v) is 3.22. The standard InChI is InChI=1S/C16H26/c1-3-5-7-11-15-13-9-10-14-16(15)12-8-6-4-2/h9-10,13-14H,3-8,11-12H2,1-2H3. The van der Waals surface area contributed by atoms with Gasteiger partial charge in [0, 0.05) is 0 Å². The highest BCUT2D eigenvalue weighted by atomic mass is 14.1. The molecule has 0 fully saturated rings. The second kappa shape index (κ2) is 8.38. The van der Waals surface area contributed by atoms with Gasteiger partial charge in [-0.15, -0.1) is 0 Å². The Kier molecular flexibility index (Phi) is 6.96. The number of rotatable bonds is 8. The highest BCUT2D eigenvalue weighted by Gasteiger charge is 2.01. The molecule has 16 heavy (non-hydrogen) atoms. The molecule has 0 nitrogen and oxygen atoms in total. The van der Waals surface area contributed by atoms with Gasteiger partial charge in [0.25, 0.3) is 0 Å². The molecule has 1 aromatic carbocycles. The van der Waals surface area contributed by atoms with E-state index in [1.807, 2.05) is 0 Å². The summed E-state index contributed by atoms with van der Waals surface area (Å²) < 4.78 is 0. The lowest BCUT2D eigenvalue weighted by Crippen LogP contribution is -1.94. The molecule has 0 bridgehead atoms. The molecule has 0 atom stereocenters. The largest absolute Gasteiger partial charge is 0.0654 e. The molecule has 0 aliphatic heterocycles. The maximum absolute atomic E-state index is 2.32. The first-order chi connectivity index (χ1) is 7.88. The Hall–Kier alpha value is -0.780. The Morgan fingerprint density at radius 3 is 1.50 bits per heavy atom. The van der Waals surface area contributed by atoms with Crippen LogP contribution in [0.1, 0.15) is 63.5 Å². The smallest absolute Gasteiger partial charge is 0.0276 e. The molecule has 0 spiro atoms. The predicted molar refractivity (Wildman–Crippen MR) is 72.9 cm³/mol. The fraction of sp³-hybridized carbons (Fsp3) is 0.625. The van der Waals surface area contributed by atoms with E-state index < -0.39 is 0 Å². The summed E-state index contributed by atoms with van der Waals surface area (Å²) in [5, 5.41) is 0. The first-order valence-electron chi connectivity index (χ1n) is 6.95. The highest BCUT2D eigenvalue weighted by molar-refractivity contribution is 5.27. The van der Waals surface area contributed by atoms with Gasteiger partial charge in [0.2, 0.25) is 0 Å². The maximum Gasteiger partial charge on any atom is -0.0276 e. The second-order valence-corrected chi connectivity index (χ2v) is 4.68. The lowest BCUT2D eigenvalue weighted by molar-refractivity contribution is 0.693. The molecule has 0 N–H and O–H groups in total. The van der Waals surface area contributed by atoms with Crippen molar-refractivity contribution < 1.29 is 0 Å². The van der Waals surface area contributed by atoms with Gasteiger partial charge in [-0.25, -0.2) is 0 Å². The topological polar surface area (TPSA) is 0 Å². The van der Waals surface area contributed by atoms with Crippen molar-refractivity contribution in [1.29, 1.82) is 0 Å². The molecule has 1 rings (SSSR count). The van der Waals surface area contributed by atoms with E-state index in [1.54, 1.807) is 11.1 Å². The van der Waals surface area contributed by atoms with Crippen molar-refractivity contribution in [2.75, 3.05) is 0 Å². The summed E-state index contributed by atoms with van der Waals surface area (Å²) in [6.45, 7) is 4.54. The van der Waals surface area contributed by atoms with E-state index in [4.69, 9.17) is 0 Å². The van der Waals surface area contributed by atoms with Crippen LogP contribution >= 0.6 is 0 Å². The van der Waals surface area contributed by atoms with Crippen molar-refractivity contribution in [3.05, 3.63) is 35.4 Å². The molecule has 90 valence electrons. The maximum atomic E-state index is 2.32. The van der Waals surface area contributed by atoms with Crippen LogP contribution in [-0.2, 0) is 12.8 Å². The molecule has 0 radical (unpaired) electrons. The first kappa shape index (κ1) is 13.3. The van der Waals surface area contributed by atoms with Crippen LogP contribution in [0.15, 0.2) is 24.3 Å². The molecular weight excluding hydrogens is 192 g/mol. The van der Waals surface area contributed by atoms with Gasteiger partial charge in [-0.3, -0.25) is 0 Å². The lowest BCUT2D eigenvalue weighted by Gasteiger charge is -2.08. The van der Waals surface area contributed by atoms with E-state index in [0.717, 1.165) is 0 Å². The van der Waals surface area contributed by atoms with Crippen LogP contribution in [0.25, 0.3) is 0 Å². The van der Waals surface area contributed by atoms with E-state index in [-0.39, 0.29) is 0 Å². The molecule has 0 heteroatoms. The van der Waals surface area contributed by atoms with E-state index in [1.165, 1.54) is 51.4 Å². The predicted octanol–water partition coefficient (Wildman–Crippen LogP) is 5.15. The van der Waals surface area contributed by atoms with Crippen LogP contribution in [0.4, 0.5) is 0 Å². The Balaban J connectivity index is 2.46. The van der Waals surface area contributed by atoms with Crippen molar-refractivity contribution in [1.82, 2.24) is 0 Å². The van der Waals surface area contributed by atoms with Gasteiger partial charge < -0.3 is 0 Å². The number of hydrogen-bond donors (Lipinski definition) is 0. The average molecular weight is 218 g/mol. The molecule has 0 aliphatic rings. The molecular formula is C16H26. The minimum Gasteiger partial charge on any atom is -0.0654 e. The number of hydrogen-bond acceptors (Lipinski definition) is 0. The summed E-state index contributed by atoms with van der Waals surface area (Å²) in [4.78, 5) is 0. The van der Waals surface area contributed by atoms with Crippen molar-refractivity contribution in [2.24, 2.45) is 0 Å². The monoisotopic (exact) mass is 218 g/mol. The number of aryl methyl sites for hydroxylation is 2.